The number of carbonyl (C=O) groups is 4. The summed E-state index contributed by atoms with van der Waals surface area (Å²) in [6, 6.07) is 4.37. The minimum atomic E-state index is -0.906. The summed E-state index contributed by atoms with van der Waals surface area (Å²) in [5, 5.41) is 4.95. The number of nitrogens with zero attached hydrogens (tertiary/aromatic N) is 1. The number of carbonyl (C=O) groups excluding carboxylic acids is 4. The summed E-state index contributed by atoms with van der Waals surface area (Å²) in [4.78, 5) is 47.1. The Morgan fingerprint density at radius 2 is 1.78 bits per heavy atom. The molecule has 0 bridgehead atoms. The lowest BCUT2D eigenvalue weighted by molar-refractivity contribution is -0.136. The van der Waals surface area contributed by atoms with Crippen LogP contribution in [0, 0.1) is 0 Å². The van der Waals surface area contributed by atoms with E-state index in [1.54, 1.807) is 0 Å². The second-order valence-corrected chi connectivity index (χ2v) is 6.27. The lowest BCUT2D eigenvalue weighted by atomic mass is 10.3. The van der Waals surface area contributed by atoms with E-state index in [2.05, 4.69) is 10.6 Å². The number of rotatable bonds is 4. The number of anilines is 1. The van der Waals surface area contributed by atoms with E-state index in [1.807, 2.05) is 0 Å². The Morgan fingerprint density at radius 1 is 1.13 bits per heavy atom. The van der Waals surface area contributed by atoms with Gasteiger partial charge in [0.1, 0.15) is 0 Å². The van der Waals surface area contributed by atoms with E-state index < -0.39 is 11.8 Å². The third-order valence-corrected chi connectivity index (χ3v) is 4.08. The zero-order valence-corrected chi connectivity index (χ0v) is 13.9. The van der Waals surface area contributed by atoms with Crippen molar-refractivity contribution < 1.29 is 19.2 Å². The van der Waals surface area contributed by atoms with Gasteiger partial charge in [-0.15, -0.1) is 0 Å². The highest BCUT2D eigenvalue weighted by molar-refractivity contribution is 8.14. The van der Waals surface area contributed by atoms with E-state index in [1.165, 1.54) is 18.2 Å². The molecule has 1 aromatic rings. The van der Waals surface area contributed by atoms with E-state index in [0.717, 1.165) is 16.7 Å². The molecule has 4 amide bonds. The SMILES string of the molecule is O=C(NCCN1C(=O)CSC1=O)C(=O)Nc1cc(Cl)cc(Cl)c1. The molecule has 10 heteroatoms. The first-order chi connectivity index (χ1) is 10.9. The molecule has 1 aliphatic heterocycles. The molecule has 1 heterocycles. The van der Waals surface area contributed by atoms with E-state index in [-0.39, 0.29) is 35.7 Å². The monoisotopic (exact) mass is 375 g/mol. The van der Waals surface area contributed by atoms with Crippen molar-refractivity contribution in [2.45, 2.75) is 0 Å². The van der Waals surface area contributed by atoms with Crippen LogP contribution in [0.5, 0.6) is 0 Å². The van der Waals surface area contributed by atoms with Crippen LogP contribution < -0.4 is 10.6 Å². The van der Waals surface area contributed by atoms with E-state index in [9.17, 15) is 19.2 Å². The smallest absolute Gasteiger partial charge is 0.313 e. The molecular formula is C13H11Cl2N3O4S. The predicted molar refractivity (Wildman–Crippen MR) is 87.7 cm³/mol. The molecule has 0 aliphatic carbocycles. The maximum Gasteiger partial charge on any atom is 0.313 e. The highest BCUT2D eigenvalue weighted by atomic mass is 35.5. The molecule has 0 radical (unpaired) electrons. The number of halogens is 2. The van der Waals surface area contributed by atoms with Gasteiger partial charge in [0.15, 0.2) is 0 Å². The second kappa shape index (κ2) is 7.67. The number of hydrogen-bond donors (Lipinski definition) is 2. The first kappa shape index (κ1) is 17.6. The van der Waals surface area contributed by atoms with Crippen LogP contribution in [0.3, 0.4) is 0 Å². The van der Waals surface area contributed by atoms with Gasteiger partial charge in [-0.05, 0) is 18.2 Å². The summed E-state index contributed by atoms with van der Waals surface area (Å²) in [5.74, 6) is -2.01. The average Bonchev–Trinajstić information content (AvgIpc) is 2.77. The van der Waals surface area contributed by atoms with Crippen molar-refractivity contribution in [3.8, 4) is 0 Å². The summed E-state index contributed by atoms with van der Waals surface area (Å²) < 4.78 is 0. The number of amides is 4. The molecule has 2 N–H and O–H groups in total. The molecule has 1 fully saturated rings. The number of thioether (sulfide) groups is 1. The third kappa shape index (κ3) is 4.85. The normalized spacial score (nSPS) is 14.1. The van der Waals surface area contributed by atoms with Crippen LogP contribution in [-0.4, -0.2) is 46.7 Å². The molecule has 0 atom stereocenters. The molecule has 0 saturated carbocycles. The topological polar surface area (TPSA) is 95.6 Å². The van der Waals surface area contributed by atoms with Gasteiger partial charge < -0.3 is 10.6 Å². The van der Waals surface area contributed by atoms with Crippen LogP contribution in [0.4, 0.5) is 10.5 Å². The van der Waals surface area contributed by atoms with Crippen LogP contribution in [0.25, 0.3) is 0 Å². The largest absolute Gasteiger partial charge is 0.346 e. The maximum atomic E-state index is 11.7. The Labute approximate surface area is 145 Å². The standard InChI is InChI=1S/C13H11Cl2N3O4S/c14-7-3-8(15)5-9(4-7)17-12(21)11(20)16-1-2-18-10(19)6-23-13(18)22/h3-5H,1-2,6H2,(H,16,20)(H,17,21). The first-order valence-corrected chi connectivity index (χ1v) is 8.13. The van der Waals surface area contributed by atoms with Gasteiger partial charge >= 0.3 is 11.8 Å². The van der Waals surface area contributed by atoms with Crippen LogP contribution in [0.1, 0.15) is 0 Å². The summed E-state index contributed by atoms with van der Waals surface area (Å²) >= 11 is 12.5. The Morgan fingerprint density at radius 3 is 2.35 bits per heavy atom. The van der Waals surface area contributed by atoms with Crippen LogP contribution >= 0.6 is 35.0 Å². The van der Waals surface area contributed by atoms with Crippen molar-refractivity contribution in [3.63, 3.8) is 0 Å². The van der Waals surface area contributed by atoms with Gasteiger partial charge in [-0.2, -0.15) is 0 Å². The molecule has 0 spiro atoms. The molecular weight excluding hydrogens is 365 g/mol. The van der Waals surface area contributed by atoms with Gasteiger partial charge in [-0.25, -0.2) is 0 Å². The number of hydrogen-bond acceptors (Lipinski definition) is 5. The highest BCUT2D eigenvalue weighted by Gasteiger charge is 2.29. The zero-order valence-electron chi connectivity index (χ0n) is 11.6. The van der Waals surface area contributed by atoms with Crippen LogP contribution in [0.2, 0.25) is 10.0 Å². The summed E-state index contributed by atoms with van der Waals surface area (Å²) in [5.41, 5.74) is 0.281. The van der Waals surface area contributed by atoms with Crippen molar-refractivity contribution in [3.05, 3.63) is 28.2 Å². The predicted octanol–water partition coefficient (Wildman–Crippen LogP) is 1.74. The van der Waals surface area contributed by atoms with Gasteiger partial charge in [0.2, 0.25) is 5.91 Å². The average molecular weight is 376 g/mol. The molecule has 1 aromatic carbocycles. The van der Waals surface area contributed by atoms with Crippen molar-refractivity contribution in [1.29, 1.82) is 0 Å². The first-order valence-electron chi connectivity index (χ1n) is 6.39. The van der Waals surface area contributed by atoms with Gasteiger partial charge in [0.05, 0.1) is 5.75 Å². The molecule has 0 aromatic heterocycles. The van der Waals surface area contributed by atoms with Crippen molar-refractivity contribution in [2.75, 3.05) is 24.2 Å². The number of imide groups is 1. The molecule has 23 heavy (non-hydrogen) atoms. The minimum absolute atomic E-state index is 0.0133. The van der Waals surface area contributed by atoms with Gasteiger partial charge in [-0.1, -0.05) is 35.0 Å². The fourth-order valence-corrected chi connectivity index (χ4v) is 3.05. The second-order valence-electron chi connectivity index (χ2n) is 4.47. The van der Waals surface area contributed by atoms with E-state index in [0.29, 0.717) is 10.0 Å². The van der Waals surface area contributed by atoms with E-state index >= 15 is 0 Å². The Hall–Kier alpha value is -1.77. The Balaban J connectivity index is 1.82. The van der Waals surface area contributed by atoms with E-state index in [4.69, 9.17) is 23.2 Å². The summed E-state index contributed by atoms with van der Waals surface area (Å²) in [7, 11) is 0. The molecule has 122 valence electrons. The minimum Gasteiger partial charge on any atom is -0.346 e. The van der Waals surface area contributed by atoms with Gasteiger partial charge in [0.25, 0.3) is 5.24 Å². The fraction of sp³-hybridized carbons (Fsp3) is 0.231. The van der Waals surface area contributed by atoms with Crippen LogP contribution in [0.15, 0.2) is 18.2 Å². The molecule has 0 unspecified atom stereocenters. The number of benzene rings is 1. The summed E-state index contributed by atoms with van der Waals surface area (Å²) in [6.45, 7) is 0.00722. The van der Waals surface area contributed by atoms with Crippen molar-refractivity contribution in [1.82, 2.24) is 10.2 Å². The number of nitrogens with one attached hydrogen (secondary N) is 2. The zero-order chi connectivity index (χ0) is 17.0. The molecule has 1 saturated heterocycles. The fourth-order valence-electron chi connectivity index (χ4n) is 1.77. The third-order valence-electron chi connectivity index (χ3n) is 2.79. The molecule has 7 nitrogen and oxygen atoms in total. The maximum absolute atomic E-state index is 11.7. The van der Waals surface area contributed by atoms with Gasteiger partial charge in [-0.3, -0.25) is 24.1 Å². The Bertz CT molecular complexity index is 647. The quantitative estimate of drug-likeness (QED) is 0.781. The summed E-state index contributed by atoms with van der Waals surface area (Å²) in [6.07, 6.45) is 0. The van der Waals surface area contributed by atoms with Crippen molar-refractivity contribution >= 4 is 63.6 Å². The highest BCUT2D eigenvalue weighted by Crippen LogP contribution is 2.22. The van der Waals surface area contributed by atoms with Gasteiger partial charge in [0, 0.05) is 28.8 Å². The Kier molecular flexibility index (Phi) is 5.86. The lowest BCUT2D eigenvalue weighted by Gasteiger charge is -2.13. The van der Waals surface area contributed by atoms with Crippen molar-refractivity contribution in [2.24, 2.45) is 0 Å². The molecule has 1 aliphatic rings. The van der Waals surface area contributed by atoms with Crippen LogP contribution in [-0.2, 0) is 14.4 Å². The lowest BCUT2D eigenvalue weighted by Crippen LogP contribution is -2.41. The molecule has 2 rings (SSSR count).